The Morgan fingerprint density at radius 3 is 2.70 bits per heavy atom. The molecule has 0 radical (unpaired) electrons. The first-order chi connectivity index (χ1) is 14.7. The van der Waals surface area contributed by atoms with Crippen LogP contribution in [0.15, 0.2) is 65.2 Å². The lowest BCUT2D eigenvalue weighted by Gasteiger charge is -2.35. The molecule has 1 amide bonds. The molecule has 3 aromatic rings. The van der Waals surface area contributed by atoms with Gasteiger partial charge in [-0.2, -0.15) is 0 Å². The summed E-state index contributed by atoms with van der Waals surface area (Å²) in [5, 5.41) is 3.65. The number of nitrogens with one attached hydrogen (secondary N) is 1. The summed E-state index contributed by atoms with van der Waals surface area (Å²) in [6, 6.07) is 17.4. The Bertz CT molecular complexity index is 968. The first kappa shape index (κ1) is 20.4. The highest BCUT2D eigenvalue weighted by molar-refractivity contribution is 6.30. The number of benzene rings is 1. The van der Waals surface area contributed by atoms with Crippen LogP contribution >= 0.6 is 11.6 Å². The van der Waals surface area contributed by atoms with Crippen LogP contribution in [0, 0.1) is 0 Å². The van der Waals surface area contributed by atoms with Crippen molar-refractivity contribution < 1.29 is 9.21 Å². The number of carbonyl (C=O) groups is 1. The molecular weight excluding hydrogens is 400 g/mol. The number of piperazine rings is 1. The Balaban J connectivity index is 1.23. The molecule has 6 nitrogen and oxygen atoms in total. The van der Waals surface area contributed by atoms with Crippen LogP contribution in [0.4, 0.5) is 5.69 Å². The molecule has 1 saturated heterocycles. The van der Waals surface area contributed by atoms with E-state index in [4.69, 9.17) is 16.0 Å². The van der Waals surface area contributed by atoms with Crippen molar-refractivity contribution in [2.75, 3.05) is 37.6 Å². The Hall–Kier alpha value is -2.83. The van der Waals surface area contributed by atoms with Gasteiger partial charge in [0.1, 0.15) is 5.76 Å². The minimum absolute atomic E-state index is 0.192. The molecule has 1 N–H and O–H groups in total. The quantitative estimate of drug-likeness (QED) is 0.627. The zero-order valence-corrected chi connectivity index (χ0v) is 17.5. The van der Waals surface area contributed by atoms with Crippen molar-refractivity contribution in [2.24, 2.45) is 0 Å². The largest absolute Gasteiger partial charge is 0.455 e. The number of hydrogen-bond donors (Lipinski definition) is 1. The van der Waals surface area contributed by atoms with Gasteiger partial charge in [-0.15, -0.1) is 0 Å². The van der Waals surface area contributed by atoms with Gasteiger partial charge in [0.25, 0.3) is 5.91 Å². The van der Waals surface area contributed by atoms with E-state index in [2.05, 4.69) is 26.2 Å². The second kappa shape index (κ2) is 9.78. The Labute approximate surface area is 181 Å². The van der Waals surface area contributed by atoms with E-state index in [0.29, 0.717) is 25.3 Å². The SMILES string of the molecule is O=C(NCCc1ccccn1)c1ccc(CN2CCN(c3cccc(Cl)c3)CC2)o1. The van der Waals surface area contributed by atoms with E-state index in [-0.39, 0.29) is 5.91 Å². The molecule has 4 rings (SSSR count). The molecule has 156 valence electrons. The number of anilines is 1. The third-order valence-corrected chi connectivity index (χ3v) is 5.44. The molecule has 0 unspecified atom stereocenters. The lowest BCUT2D eigenvalue weighted by atomic mass is 10.2. The maximum Gasteiger partial charge on any atom is 0.287 e. The van der Waals surface area contributed by atoms with Crippen LogP contribution in [0.25, 0.3) is 0 Å². The van der Waals surface area contributed by atoms with Gasteiger partial charge in [-0.05, 0) is 42.5 Å². The summed E-state index contributed by atoms with van der Waals surface area (Å²) in [7, 11) is 0. The number of aromatic nitrogens is 1. The zero-order valence-electron chi connectivity index (χ0n) is 16.8. The van der Waals surface area contributed by atoms with Crippen molar-refractivity contribution in [3.63, 3.8) is 0 Å². The van der Waals surface area contributed by atoms with E-state index >= 15 is 0 Å². The summed E-state index contributed by atoms with van der Waals surface area (Å²) in [6.45, 7) is 4.95. The van der Waals surface area contributed by atoms with Crippen LogP contribution in [0.1, 0.15) is 22.0 Å². The van der Waals surface area contributed by atoms with Crippen LogP contribution in [-0.4, -0.2) is 48.5 Å². The topological polar surface area (TPSA) is 61.6 Å². The van der Waals surface area contributed by atoms with Gasteiger partial charge in [-0.25, -0.2) is 0 Å². The molecule has 1 aliphatic rings. The number of pyridine rings is 1. The third kappa shape index (κ3) is 5.40. The van der Waals surface area contributed by atoms with Crippen LogP contribution < -0.4 is 10.2 Å². The lowest BCUT2D eigenvalue weighted by Crippen LogP contribution is -2.45. The van der Waals surface area contributed by atoms with Gasteiger partial charge in [0.2, 0.25) is 0 Å². The molecule has 0 saturated carbocycles. The van der Waals surface area contributed by atoms with Crippen molar-refractivity contribution >= 4 is 23.2 Å². The van der Waals surface area contributed by atoms with Crippen molar-refractivity contribution in [2.45, 2.75) is 13.0 Å². The minimum Gasteiger partial charge on any atom is -0.455 e. The standard InChI is InChI=1S/C23H25ClN4O2/c24-18-4-3-6-20(16-18)28-14-12-27(13-15-28)17-21-7-8-22(30-21)23(29)26-11-9-19-5-1-2-10-25-19/h1-8,10,16H,9,11-15,17H2,(H,26,29). The Kier molecular flexibility index (Phi) is 6.67. The fraction of sp³-hybridized carbons (Fsp3) is 0.304. The number of amides is 1. The first-order valence-corrected chi connectivity index (χ1v) is 10.5. The molecule has 7 heteroatoms. The second-order valence-electron chi connectivity index (χ2n) is 7.34. The normalized spacial score (nSPS) is 14.6. The van der Waals surface area contributed by atoms with Gasteiger partial charge < -0.3 is 14.6 Å². The molecule has 1 fully saturated rings. The smallest absolute Gasteiger partial charge is 0.287 e. The molecule has 0 bridgehead atoms. The maximum absolute atomic E-state index is 12.3. The second-order valence-corrected chi connectivity index (χ2v) is 7.77. The van der Waals surface area contributed by atoms with E-state index < -0.39 is 0 Å². The van der Waals surface area contributed by atoms with Gasteiger partial charge in [0.15, 0.2) is 5.76 Å². The van der Waals surface area contributed by atoms with Crippen LogP contribution in [0.3, 0.4) is 0 Å². The van der Waals surface area contributed by atoms with E-state index in [1.807, 2.05) is 42.5 Å². The fourth-order valence-electron chi connectivity index (χ4n) is 3.58. The Morgan fingerprint density at radius 1 is 1.07 bits per heavy atom. The van der Waals surface area contributed by atoms with E-state index in [1.165, 1.54) is 0 Å². The summed E-state index contributed by atoms with van der Waals surface area (Å²) >= 11 is 6.11. The average molecular weight is 425 g/mol. The minimum atomic E-state index is -0.192. The van der Waals surface area contributed by atoms with Gasteiger partial charge in [-0.1, -0.05) is 23.7 Å². The molecular formula is C23H25ClN4O2. The summed E-state index contributed by atoms with van der Waals surface area (Å²) in [5.74, 6) is 0.965. The number of halogens is 1. The van der Waals surface area contributed by atoms with Crippen LogP contribution in [-0.2, 0) is 13.0 Å². The molecule has 3 heterocycles. The highest BCUT2D eigenvalue weighted by atomic mass is 35.5. The molecule has 0 aliphatic carbocycles. The van der Waals surface area contributed by atoms with Gasteiger partial charge in [0, 0.05) is 61.7 Å². The Morgan fingerprint density at radius 2 is 1.93 bits per heavy atom. The molecule has 30 heavy (non-hydrogen) atoms. The van der Waals surface area contributed by atoms with E-state index in [1.54, 1.807) is 12.3 Å². The summed E-state index contributed by atoms with van der Waals surface area (Å²) < 4.78 is 5.78. The summed E-state index contributed by atoms with van der Waals surface area (Å²) in [5.41, 5.74) is 2.11. The third-order valence-electron chi connectivity index (χ3n) is 5.20. The molecule has 0 atom stereocenters. The summed E-state index contributed by atoms with van der Waals surface area (Å²) in [4.78, 5) is 21.2. The van der Waals surface area contributed by atoms with E-state index in [0.717, 1.165) is 48.3 Å². The van der Waals surface area contributed by atoms with Crippen molar-refractivity contribution in [3.05, 3.63) is 83.0 Å². The number of hydrogen-bond acceptors (Lipinski definition) is 5. The highest BCUT2D eigenvalue weighted by Crippen LogP contribution is 2.21. The molecule has 1 aliphatic heterocycles. The molecule has 1 aromatic carbocycles. The van der Waals surface area contributed by atoms with E-state index in [9.17, 15) is 4.79 Å². The fourth-order valence-corrected chi connectivity index (χ4v) is 3.76. The predicted molar refractivity (Wildman–Crippen MR) is 118 cm³/mol. The maximum atomic E-state index is 12.3. The average Bonchev–Trinajstić information content (AvgIpc) is 3.24. The molecule has 0 spiro atoms. The van der Waals surface area contributed by atoms with Gasteiger partial charge in [-0.3, -0.25) is 14.7 Å². The van der Waals surface area contributed by atoms with Crippen molar-refractivity contribution in [1.82, 2.24) is 15.2 Å². The van der Waals surface area contributed by atoms with Gasteiger partial charge >= 0.3 is 0 Å². The number of carbonyl (C=O) groups excluding carboxylic acids is 1. The molecule has 2 aromatic heterocycles. The highest BCUT2D eigenvalue weighted by Gasteiger charge is 2.19. The number of rotatable bonds is 7. The summed E-state index contributed by atoms with van der Waals surface area (Å²) in [6.07, 6.45) is 2.45. The zero-order chi connectivity index (χ0) is 20.8. The lowest BCUT2D eigenvalue weighted by molar-refractivity contribution is 0.0922. The predicted octanol–water partition coefficient (Wildman–Crippen LogP) is 3.62. The monoisotopic (exact) mass is 424 g/mol. The van der Waals surface area contributed by atoms with Crippen molar-refractivity contribution in [1.29, 1.82) is 0 Å². The van der Waals surface area contributed by atoms with Crippen LogP contribution in [0.5, 0.6) is 0 Å². The first-order valence-electron chi connectivity index (χ1n) is 10.2. The van der Waals surface area contributed by atoms with Crippen LogP contribution in [0.2, 0.25) is 5.02 Å². The van der Waals surface area contributed by atoms with Crippen molar-refractivity contribution in [3.8, 4) is 0 Å². The number of furan rings is 1. The van der Waals surface area contributed by atoms with Gasteiger partial charge in [0.05, 0.1) is 6.54 Å². The number of nitrogens with zero attached hydrogens (tertiary/aromatic N) is 3.